The van der Waals surface area contributed by atoms with Crippen molar-refractivity contribution in [2.24, 2.45) is 5.92 Å². The Morgan fingerprint density at radius 1 is 0.941 bits per heavy atom. The number of carboxylic acids is 1. The van der Waals surface area contributed by atoms with Gasteiger partial charge in [-0.3, -0.25) is 4.79 Å². The van der Waals surface area contributed by atoms with Crippen LogP contribution >= 0.6 is 0 Å². The van der Waals surface area contributed by atoms with Gasteiger partial charge in [-0.05, 0) is 66.8 Å². The van der Waals surface area contributed by atoms with Gasteiger partial charge in [-0.1, -0.05) is 12.1 Å². The summed E-state index contributed by atoms with van der Waals surface area (Å²) in [4.78, 5) is 21.0. The number of carboxylic acid groups (broad SMARTS) is 1. The minimum Gasteiger partial charge on any atom is -0.475 e. The number of piperidine rings is 1. The standard InChI is InChI=1S/C20H20F4N2O.C2HF3O2/c21-16-5-1-13(2-6-16)18-9-10-25-11-14(18)12-26-19(27)20(23,24)15-3-7-17(22)8-4-15;3-2(4,5)1(6)7/h1-8,14,18,25H,9-12H2,(H,26,27);(H,6,7)/t14-,18+;/m1./s1. The maximum Gasteiger partial charge on any atom is 0.490 e. The normalized spacial score (nSPS) is 18.4. The van der Waals surface area contributed by atoms with E-state index < -0.39 is 35.4 Å². The second kappa shape index (κ2) is 11.3. The third-order valence-corrected chi connectivity index (χ3v) is 5.17. The smallest absolute Gasteiger partial charge is 0.475 e. The van der Waals surface area contributed by atoms with Gasteiger partial charge in [0.05, 0.1) is 0 Å². The van der Waals surface area contributed by atoms with Crippen LogP contribution in [0, 0.1) is 17.6 Å². The zero-order valence-electron chi connectivity index (χ0n) is 17.5. The Labute approximate surface area is 190 Å². The minimum atomic E-state index is -5.08. The topological polar surface area (TPSA) is 78.4 Å². The molecule has 3 rings (SSSR count). The van der Waals surface area contributed by atoms with Crippen molar-refractivity contribution >= 4 is 11.9 Å². The third-order valence-electron chi connectivity index (χ3n) is 5.17. The summed E-state index contributed by atoms with van der Waals surface area (Å²) >= 11 is 0. The number of hydrogen-bond donors (Lipinski definition) is 3. The Morgan fingerprint density at radius 2 is 1.44 bits per heavy atom. The van der Waals surface area contributed by atoms with Gasteiger partial charge in [-0.25, -0.2) is 13.6 Å². The number of hydrogen-bond acceptors (Lipinski definition) is 3. The molecule has 3 N–H and O–H groups in total. The molecule has 186 valence electrons. The van der Waals surface area contributed by atoms with Gasteiger partial charge in [-0.2, -0.15) is 22.0 Å². The van der Waals surface area contributed by atoms with Gasteiger partial charge in [0.1, 0.15) is 11.6 Å². The molecule has 0 aromatic heterocycles. The number of carbonyl (C=O) groups is 2. The van der Waals surface area contributed by atoms with Crippen LogP contribution in [-0.2, 0) is 15.5 Å². The molecule has 0 unspecified atom stereocenters. The summed E-state index contributed by atoms with van der Waals surface area (Å²) < 4.78 is 86.4. The molecule has 0 bridgehead atoms. The van der Waals surface area contributed by atoms with Crippen LogP contribution in [0.4, 0.5) is 30.7 Å². The molecule has 0 radical (unpaired) electrons. The Bertz CT molecular complexity index is 964. The molecule has 1 fully saturated rings. The van der Waals surface area contributed by atoms with E-state index in [9.17, 15) is 35.5 Å². The molecule has 1 aliphatic rings. The Kier molecular flexibility index (Phi) is 9.02. The van der Waals surface area contributed by atoms with Crippen molar-refractivity contribution in [2.45, 2.75) is 24.4 Å². The molecule has 1 heterocycles. The number of benzene rings is 2. The van der Waals surface area contributed by atoms with Crippen molar-refractivity contribution in [1.82, 2.24) is 10.6 Å². The van der Waals surface area contributed by atoms with Gasteiger partial charge in [-0.15, -0.1) is 0 Å². The number of nitrogens with one attached hydrogen (secondary N) is 2. The molecule has 34 heavy (non-hydrogen) atoms. The molecule has 5 nitrogen and oxygen atoms in total. The molecule has 0 aliphatic carbocycles. The maximum absolute atomic E-state index is 14.3. The van der Waals surface area contributed by atoms with E-state index in [0.29, 0.717) is 6.54 Å². The van der Waals surface area contributed by atoms with Crippen LogP contribution in [0.15, 0.2) is 48.5 Å². The molecule has 1 saturated heterocycles. The molecule has 1 aliphatic heterocycles. The highest BCUT2D eigenvalue weighted by Gasteiger charge is 2.41. The second-order valence-corrected chi connectivity index (χ2v) is 7.51. The summed E-state index contributed by atoms with van der Waals surface area (Å²) in [5.74, 6) is -8.98. The van der Waals surface area contributed by atoms with E-state index in [0.717, 1.165) is 42.8 Å². The maximum atomic E-state index is 14.3. The van der Waals surface area contributed by atoms with E-state index in [4.69, 9.17) is 9.90 Å². The van der Waals surface area contributed by atoms with Gasteiger partial charge in [0.25, 0.3) is 5.91 Å². The number of halogens is 7. The van der Waals surface area contributed by atoms with E-state index in [1.807, 2.05) is 0 Å². The zero-order valence-corrected chi connectivity index (χ0v) is 17.5. The fraction of sp³-hybridized carbons (Fsp3) is 0.364. The first kappa shape index (κ1) is 27.1. The third kappa shape index (κ3) is 7.44. The van der Waals surface area contributed by atoms with Crippen LogP contribution in [0.1, 0.15) is 23.5 Å². The van der Waals surface area contributed by atoms with Crippen LogP contribution in [0.25, 0.3) is 0 Å². The zero-order chi connectivity index (χ0) is 25.5. The van der Waals surface area contributed by atoms with Crippen molar-refractivity contribution in [3.05, 3.63) is 71.3 Å². The van der Waals surface area contributed by atoms with Gasteiger partial charge in [0.2, 0.25) is 0 Å². The fourth-order valence-electron chi connectivity index (χ4n) is 3.41. The minimum absolute atomic E-state index is 0.0339. The van der Waals surface area contributed by atoms with Crippen molar-refractivity contribution in [3.8, 4) is 0 Å². The lowest BCUT2D eigenvalue weighted by molar-refractivity contribution is -0.192. The molecule has 2 aromatic rings. The first-order valence-electron chi connectivity index (χ1n) is 10.0. The van der Waals surface area contributed by atoms with Crippen LogP contribution < -0.4 is 10.6 Å². The largest absolute Gasteiger partial charge is 0.490 e. The summed E-state index contributed by atoms with van der Waals surface area (Å²) in [5.41, 5.74) is 0.362. The van der Waals surface area contributed by atoms with Gasteiger partial charge >= 0.3 is 18.1 Å². The number of aliphatic carboxylic acids is 1. The monoisotopic (exact) mass is 494 g/mol. The quantitative estimate of drug-likeness (QED) is 0.545. The lowest BCUT2D eigenvalue weighted by atomic mass is 9.81. The van der Waals surface area contributed by atoms with Crippen molar-refractivity contribution in [3.63, 3.8) is 0 Å². The molecule has 0 spiro atoms. The molecular weight excluding hydrogens is 473 g/mol. The summed E-state index contributed by atoms with van der Waals surface area (Å²) in [6.45, 7) is 1.38. The lowest BCUT2D eigenvalue weighted by Gasteiger charge is -2.33. The fourth-order valence-corrected chi connectivity index (χ4v) is 3.41. The van der Waals surface area contributed by atoms with Crippen LogP contribution in [0.2, 0.25) is 0 Å². The van der Waals surface area contributed by atoms with Crippen LogP contribution in [-0.4, -0.2) is 42.8 Å². The average molecular weight is 494 g/mol. The van der Waals surface area contributed by atoms with Gasteiger partial charge in [0.15, 0.2) is 0 Å². The van der Waals surface area contributed by atoms with E-state index in [1.165, 1.54) is 12.1 Å². The molecule has 12 heteroatoms. The van der Waals surface area contributed by atoms with Crippen LogP contribution in [0.5, 0.6) is 0 Å². The van der Waals surface area contributed by atoms with Crippen LogP contribution in [0.3, 0.4) is 0 Å². The molecular formula is C22H21F7N2O3. The van der Waals surface area contributed by atoms with E-state index in [-0.39, 0.29) is 24.2 Å². The molecule has 2 aromatic carbocycles. The first-order chi connectivity index (χ1) is 15.8. The number of carbonyl (C=O) groups excluding carboxylic acids is 1. The van der Waals surface area contributed by atoms with E-state index in [2.05, 4.69) is 10.6 Å². The summed E-state index contributed by atoms with van der Waals surface area (Å²) in [7, 11) is 0. The second-order valence-electron chi connectivity index (χ2n) is 7.51. The van der Waals surface area contributed by atoms with Gasteiger partial charge in [0, 0.05) is 18.7 Å². The Hall–Kier alpha value is -3.15. The van der Waals surface area contributed by atoms with E-state index in [1.54, 1.807) is 12.1 Å². The Morgan fingerprint density at radius 3 is 1.94 bits per heavy atom. The predicted molar refractivity (Wildman–Crippen MR) is 107 cm³/mol. The van der Waals surface area contributed by atoms with Gasteiger partial charge < -0.3 is 15.7 Å². The number of alkyl halides is 5. The van der Waals surface area contributed by atoms with E-state index >= 15 is 0 Å². The summed E-state index contributed by atoms with van der Waals surface area (Å²) in [5, 5.41) is 12.6. The first-order valence-corrected chi connectivity index (χ1v) is 10.0. The Balaban J connectivity index is 0.000000509. The number of rotatable bonds is 5. The predicted octanol–water partition coefficient (Wildman–Crippen LogP) is 4.20. The SMILES string of the molecule is O=C(NC[C@H]1CNCC[C@H]1c1ccc(F)cc1)C(F)(F)c1ccc(F)cc1.O=C(O)C(F)(F)F. The van der Waals surface area contributed by atoms with Crippen molar-refractivity contribution in [2.75, 3.05) is 19.6 Å². The van der Waals surface area contributed by atoms with Crippen molar-refractivity contribution in [1.29, 1.82) is 0 Å². The van der Waals surface area contributed by atoms with Crippen molar-refractivity contribution < 1.29 is 45.4 Å². The lowest BCUT2D eigenvalue weighted by Crippen LogP contribution is -2.45. The summed E-state index contributed by atoms with van der Waals surface area (Å²) in [6, 6.07) is 9.71. The number of amides is 1. The molecule has 2 atom stereocenters. The average Bonchev–Trinajstić information content (AvgIpc) is 2.78. The summed E-state index contributed by atoms with van der Waals surface area (Å²) in [6.07, 6.45) is -4.32. The highest BCUT2D eigenvalue weighted by Crippen LogP contribution is 2.31. The highest BCUT2D eigenvalue weighted by atomic mass is 19.4. The molecule has 1 amide bonds. The molecule has 0 saturated carbocycles. The highest BCUT2D eigenvalue weighted by molar-refractivity contribution is 5.84.